The smallest absolute Gasteiger partial charge is 0.128 e. The third-order valence-corrected chi connectivity index (χ3v) is 3.85. The molecule has 1 aliphatic carbocycles. The molecule has 0 amide bonds. The van der Waals surface area contributed by atoms with Crippen LogP contribution < -0.4 is 10.6 Å². The zero-order valence-corrected chi connectivity index (χ0v) is 10.9. The lowest BCUT2D eigenvalue weighted by Gasteiger charge is -2.32. The summed E-state index contributed by atoms with van der Waals surface area (Å²) in [6, 6.07) is 4.85. The average molecular weight is 233 g/mol. The molecule has 1 aliphatic rings. The Balaban J connectivity index is 2.18. The zero-order chi connectivity index (χ0) is 12.3. The van der Waals surface area contributed by atoms with Crippen LogP contribution in [-0.2, 0) is 0 Å². The molecule has 1 fully saturated rings. The van der Waals surface area contributed by atoms with Crippen molar-refractivity contribution < 1.29 is 0 Å². The van der Waals surface area contributed by atoms with Crippen LogP contribution in [0.2, 0.25) is 0 Å². The molecule has 3 heteroatoms. The molecule has 1 aromatic rings. The normalized spacial score (nSPS) is 23.9. The highest BCUT2D eigenvalue weighted by Crippen LogP contribution is 2.31. The molecule has 1 aromatic heterocycles. The van der Waals surface area contributed by atoms with Gasteiger partial charge in [0.05, 0.1) is 0 Å². The minimum Gasteiger partial charge on any atom is -0.354 e. The van der Waals surface area contributed by atoms with E-state index in [1.165, 1.54) is 24.8 Å². The predicted molar refractivity (Wildman–Crippen MR) is 72.2 cm³/mol. The van der Waals surface area contributed by atoms with Gasteiger partial charge in [0.15, 0.2) is 0 Å². The molecule has 1 heterocycles. The second-order valence-electron chi connectivity index (χ2n) is 4.97. The number of aryl methyl sites for hydroxylation is 1. The molecule has 2 atom stereocenters. The Hall–Kier alpha value is -1.09. The van der Waals surface area contributed by atoms with Crippen molar-refractivity contribution in [2.24, 2.45) is 11.7 Å². The Bertz CT molecular complexity index is 347. The second-order valence-corrected chi connectivity index (χ2v) is 4.97. The number of nitrogens with zero attached hydrogens (tertiary/aromatic N) is 2. The molecular weight excluding hydrogens is 210 g/mol. The van der Waals surface area contributed by atoms with Gasteiger partial charge in [-0.15, -0.1) is 0 Å². The minimum atomic E-state index is 0.584. The Morgan fingerprint density at radius 1 is 1.41 bits per heavy atom. The van der Waals surface area contributed by atoms with E-state index in [9.17, 15) is 0 Å². The van der Waals surface area contributed by atoms with Crippen molar-refractivity contribution in [1.29, 1.82) is 0 Å². The highest BCUT2D eigenvalue weighted by Gasteiger charge is 2.31. The first-order valence-electron chi connectivity index (χ1n) is 6.65. The summed E-state index contributed by atoms with van der Waals surface area (Å²) in [5.41, 5.74) is 7.09. The second kappa shape index (κ2) is 5.50. The van der Waals surface area contributed by atoms with Crippen molar-refractivity contribution in [3.8, 4) is 0 Å². The van der Waals surface area contributed by atoms with Gasteiger partial charge >= 0.3 is 0 Å². The lowest BCUT2D eigenvalue weighted by atomic mass is 10.0. The van der Waals surface area contributed by atoms with Crippen molar-refractivity contribution in [1.82, 2.24) is 4.98 Å². The number of rotatable bonds is 4. The largest absolute Gasteiger partial charge is 0.354 e. The van der Waals surface area contributed by atoms with Gasteiger partial charge in [0.2, 0.25) is 0 Å². The Labute approximate surface area is 104 Å². The highest BCUT2D eigenvalue weighted by atomic mass is 15.2. The van der Waals surface area contributed by atoms with Crippen LogP contribution in [0.4, 0.5) is 5.82 Å². The van der Waals surface area contributed by atoms with Gasteiger partial charge in [0.1, 0.15) is 5.82 Å². The molecule has 0 bridgehead atoms. The van der Waals surface area contributed by atoms with Crippen LogP contribution in [0.5, 0.6) is 0 Å². The summed E-state index contributed by atoms with van der Waals surface area (Å²) in [6.45, 7) is 6.09. The molecular formula is C14H23N3. The Morgan fingerprint density at radius 2 is 2.24 bits per heavy atom. The number of aromatic nitrogens is 1. The SMILES string of the molecule is CCN(c1ccc(C)cn1)C1CCCC1CN. The quantitative estimate of drug-likeness (QED) is 0.868. The van der Waals surface area contributed by atoms with E-state index in [0.29, 0.717) is 12.0 Å². The number of hydrogen-bond acceptors (Lipinski definition) is 3. The van der Waals surface area contributed by atoms with Crippen molar-refractivity contribution in [2.75, 3.05) is 18.0 Å². The maximum absolute atomic E-state index is 5.87. The summed E-state index contributed by atoms with van der Waals surface area (Å²) in [5.74, 6) is 1.74. The zero-order valence-electron chi connectivity index (χ0n) is 10.9. The molecule has 0 saturated heterocycles. The maximum Gasteiger partial charge on any atom is 0.128 e. The van der Waals surface area contributed by atoms with Crippen LogP contribution in [0.25, 0.3) is 0 Å². The lowest BCUT2D eigenvalue weighted by Crippen LogP contribution is -2.40. The van der Waals surface area contributed by atoms with E-state index in [4.69, 9.17) is 5.73 Å². The summed E-state index contributed by atoms with van der Waals surface area (Å²) in [6.07, 6.45) is 5.77. The predicted octanol–water partition coefficient (Wildman–Crippen LogP) is 2.34. The van der Waals surface area contributed by atoms with Gasteiger partial charge < -0.3 is 10.6 Å². The van der Waals surface area contributed by atoms with Crippen LogP contribution in [-0.4, -0.2) is 24.1 Å². The molecule has 0 radical (unpaired) electrons. The molecule has 17 heavy (non-hydrogen) atoms. The van der Waals surface area contributed by atoms with Gasteiger partial charge in [-0.1, -0.05) is 12.5 Å². The van der Waals surface area contributed by atoms with Crippen LogP contribution >= 0.6 is 0 Å². The number of hydrogen-bond donors (Lipinski definition) is 1. The molecule has 3 nitrogen and oxygen atoms in total. The number of pyridine rings is 1. The summed E-state index contributed by atoms with van der Waals surface area (Å²) in [4.78, 5) is 6.97. The van der Waals surface area contributed by atoms with Crippen LogP contribution in [0.3, 0.4) is 0 Å². The summed E-state index contributed by atoms with van der Waals surface area (Å²) in [5, 5.41) is 0. The third-order valence-electron chi connectivity index (χ3n) is 3.85. The minimum absolute atomic E-state index is 0.584. The van der Waals surface area contributed by atoms with Crippen molar-refractivity contribution >= 4 is 5.82 Å². The summed E-state index contributed by atoms with van der Waals surface area (Å²) in [7, 11) is 0. The fraction of sp³-hybridized carbons (Fsp3) is 0.643. The van der Waals surface area contributed by atoms with Gasteiger partial charge in [-0.25, -0.2) is 4.98 Å². The van der Waals surface area contributed by atoms with E-state index in [-0.39, 0.29) is 0 Å². The fourth-order valence-corrected chi connectivity index (χ4v) is 2.90. The molecule has 1 saturated carbocycles. The van der Waals surface area contributed by atoms with E-state index in [1.54, 1.807) is 0 Å². The van der Waals surface area contributed by atoms with Crippen LogP contribution in [0.15, 0.2) is 18.3 Å². The molecule has 2 N–H and O–H groups in total. The van der Waals surface area contributed by atoms with Gasteiger partial charge in [-0.2, -0.15) is 0 Å². The maximum atomic E-state index is 5.87. The summed E-state index contributed by atoms with van der Waals surface area (Å²) >= 11 is 0. The first-order chi connectivity index (χ1) is 8.26. The monoisotopic (exact) mass is 233 g/mol. The number of nitrogens with two attached hydrogens (primary N) is 1. The standard InChI is InChI=1S/C14H23N3/c1-3-17(13-6-4-5-12(13)9-15)14-8-7-11(2)10-16-14/h7-8,10,12-13H,3-6,9,15H2,1-2H3. The van der Waals surface area contributed by atoms with E-state index < -0.39 is 0 Å². The van der Waals surface area contributed by atoms with Crippen LogP contribution in [0.1, 0.15) is 31.7 Å². The lowest BCUT2D eigenvalue weighted by molar-refractivity contribution is 0.459. The van der Waals surface area contributed by atoms with Crippen molar-refractivity contribution in [3.05, 3.63) is 23.9 Å². The van der Waals surface area contributed by atoms with Crippen molar-refractivity contribution in [3.63, 3.8) is 0 Å². The fourth-order valence-electron chi connectivity index (χ4n) is 2.90. The molecule has 2 unspecified atom stereocenters. The van der Waals surface area contributed by atoms with Crippen molar-refractivity contribution in [2.45, 2.75) is 39.2 Å². The van der Waals surface area contributed by atoms with Gasteiger partial charge in [-0.3, -0.25) is 0 Å². The van der Waals surface area contributed by atoms with E-state index in [1.807, 2.05) is 6.20 Å². The van der Waals surface area contributed by atoms with E-state index >= 15 is 0 Å². The van der Waals surface area contributed by atoms with E-state index in [0.717, 1.165) is 18.9 Å². The topological polar surface area (TPSA) is 42.2 Å². The molecule has 2 rings (SSSR count). The number of anilines is 1. The van der Waals surface area contributed by atoms with E-state index in [2.05, 4.69) is 35.9 Å². The van der Waals surface area contributed by atoms with Gasteiger partial charge in [0, 0.05) is 18.8 Å². The average Bonchev–Trinajstić information content (AvgIpc) is 2.81. The molecule has 0 aliphatic heterocycles. The molecule has 94 valence electrons. The third kappa shape index (κ3) is 2.60. The Kier molecular flexibility index (Phi) is 4.00. The molecule has 0 aromatic carbocycles. The first kappa shape index (κ1) is 12.4. The van der Waals surface area contributed by atoms with Gasteiger partial charge in [0.25, 0.3) is 0 Å². The summed E-state index contributed by atoms with van der Waals surface area (Å²) < 4.78 is 0. The molecule has 0 spiro atoms. The first-order valence-corrected chi connectivity index (χ1v) is 6.65. The highest BCUT2D eigenvalue weighted by molar-refractivity contribution is 5.41. The van der Waals surface area contributed by atoms with Gasteiger partial charge in [-0.05, 0) is 50.8 Å². The van der Waals surface area contributed by atoms with Crippen LogP contribution in [0, 0.1) is 12.8 Å². The Morgan fingerprint density at radius 3 is 2.82 bits per heavy atom.